The molecule has 2 rings (SSSR count). The van der Waals surface area contributed by atoms with E-state index in [-0.39, 0.29) is 12.0 Å². The van der Waals surface area contributed by atoms with Crippen molar-refractivity contribution in [3.05, 3.63) is 78.4 Å². The summed E-state index contributed by atoms with van der Waals surface area (Å²) in [7, 11) is -3.57. The number of nitrogens with one attached hydrogen (secondary N) is 1. The molecule has 2 aromatic carbocycles. The minimum Gasteiger partial charge on any atom is -0.207 e. The van der Waals surface area contributed by atoms with Crippen LogP contribution in [0.3, 0.4) is 0 Å². The lowest BCUT2D eigenvalue weighted by Gasteiger charge is -2.26. The Labute approximate surface area is 151 Å². The predicted molar refractivity (Wildman–Crippen MR) is 104 cm³/mol. The molecule has 0 saturated carbocycles. The predicted octanol–water partition coefficient (Wildman–Crippen LogP) is 4.80. The van der Waals surface area contributed by atoms with Crippen LogP contribution in [0.1, 0.15) is 43.2 Å². The van der Waals surface area contributed by atoms with E-state index in [1.54, 1.807) is 12.1 Å². The summed E-state index contributed by atoms with van der Waals surface area (Å²) in [5, 5.41) is 0. The number of unbranched alkanes of at least 4 members (excludes halogenated alkanes) is 1. The summed E-state index contributed by atoms with van der Waals surface area (Å²) in [6.45, 7) is 8.00. The van der Waals surface area contributed by atoms with E-state index in [0.717, 1.165) is 30.4 Å². The van der Waals surface area contributed by atoms with Crippen molar-refractivity contribution in [1.82, 2.24) is 4.72 Å². The van der Waals surface area contributed by atoms with E-state index in [1.165, 1.54) is 0 Å². The zero-order valence-corrected chi connectivity index (χ0v) is 15.8. The van der Waals surface area contributed by atoms with Crippen LogP contribution < -0.4 is 4.72 Å². The summed E-state index contributed by atoms with van der Waals surface area (Å²) in [6, 6.07) is 16.7. The van der Waals surface area contributed by atoms with E-state index in [1.807, 2.05) is 55.5 Å². The van der Waals surface area contributed by atoms with Crippen LogP contribution in [-0.4, -0.2) is 14.5 Å². The molecule has 0 aliphatic rings. The van der Waals surface area contributed by atoms with Crippen molar-refractivity contribution >= 4 is 10.0 Å². The zero-order chi connectivity index (χ0) is 18.3. The first-order valence-electron chi connectivity index (χ1n) is 8.74. The van der Waals surface area contributed by atoms with Gasteiger partial charge >= 0.3 is 0 Å². The summed E-state index contributed by atoms with van der Waals surface area (Å²) in [6.07, 6.45) is 4.58. The highest BCUT2D eigenvalue weighted by Crippen LogP contribution is 2.26. The van der Waals surface area contributed by atoms with Crippen LogP contribution in [0.25, 0.3) is 0 Å². The average Bonchev–Trinajstić information content (AvgIpc) is 2.61. The van der Waals surface area contributed by atoms with E-state index in [4.69, 9.17) is 0 Å². The Morgan fingerprint density at radius 3 is 2.28 bits per heavy atom. The van der Waals surface area contributed by atoms with E-state index in [0.29, 0.717) is 4.90 Å². The Morgan fingerprint density at radius 2 is 1.72 bits per heavy atom. The first-order valence-corrected chi connectivity index (χ1v) is 10.2. The molecule has 0 bridgehead atoms. The van der Waals surface area contributed by atoms with E-state index in [9.17, 15) is 8.42 Å². The standard InChI is InChI=1S/C21H27NO2S/c1-4-6-12-21(20(5-2)18-10-8-7-9-11-18)22-25(23,24)19-15-13-17(3)14-16-19/h5,7-11,13-16,20-22H,2,4,6,12H2,1,3H3. The minimum absolute atomic E-state index is 0.0621. The average molecular weight is 358 g/mol. The maximum atomic E-state index is 12.8. The number of hydrogen-bond acceptors (Lipinski definition) is 2. The second-order valence-electron chi connectivity index (χ2n) is 6.36. The van der Waals surface area contributed by atoms with E-state index in [2.05, 4.69) is 18.2 Å². The summed E-state index contributed by atoms with van der Waals surface area (Å²) in [5.41, 5.74) is 2.11. The Hall–Kier alpha value is -1.91. The molecule has 25 heavy (non-hydrogen) atoms. The van der Waals surface area contributed by atoms with Gasteiger partial charge in [0.1, 0.15) is 0 Å². The van der Waals surface area contributed by atoms with Crippen LogP contribution in [0.15, 0.2) is 72.1 Å². The van der Waals surface area contributed by atoms with E-state index < -0.39 is 10.0 Å². The van der Waals surface area contributed by atoms with Crippen molar-refractivity contribution in [2.75, 3.05) is 0 Å². The lowest BCUT2D eigenvalue weighted by Crippen LogP contribution is -2.38. The Morgan fingerprint density at radius 1 is 1.08 bits per heavy atom. The van der Waals surface area contributed by atoms with Gasteiger partial charge in [0.25, 0.3) is 0 Å². The van der Waals surface area contributed by atoms with Gasteiger partial charge in [-0.25, -0.2) is 13.1 Å². The molecule has 0 aromatic heterocycles. The van der Waals surface area contributed by atoms with Gasteiger partial charge in [-0.15, -0.1) is 6.58 Å². The summed E-state index contributed by atoms with van der Waals surface area (Å²) < 4.78 is 28.6. The largest absolute Gasteiger partial charge is 0.240 e. The molecule has 0 radical (unpaired) electrons. The molecule has 0 fully saturated rings. The smallest absolute Gasteiger partial charge is 0.207 e. The van der Waals surface area contributed by atoms with Gasteiger partial charge in [0.05, 0.1) is 4.90 Å². The van der Waals surface area contributed by atoms with Gasteiger partial charge in [-0.2, -0.15) is 0 Å². The van der Waals surface area contributed by atoms with Gasteiger partial charge in [0.2, 0.25) is 10.0 Å². The molecule has 2 unspecified atom stereocenters. The fraction of sp³-hybridized carbons (Fsp3) is 0.333. The van der Waals surface area contributed by atoms with Crippen LogP contribution in [0.4, 0.5) is 0 Å². The Kier molecular flexibility index (Phi) is 6.97. The normalized spacial score (nSPS) is 14.0. The third kappa shape index (κ3) is 5.28. The van der Waals surface area contributed by atoms with Gasteiger partial charge in [0.15, 0.2) is 0 Å². The van der Waals surface area contributed by atoms with Gasteiger partial charge < -0.3 is 0 Å². The van der Waals surface area contributed by atoms with E-state index >= 15 is 0 Å². The molecule has 134 valence electrons. The quantitative estimate of drug-likeness (QED) is 0.655. The van der Waals surface area contributed by atoms with Crippen molar-refractivity contribution in [3.8, 4) is 0 Å². The number of aryl methyl sites for hydroxylation is 1. The van der Waals surface area contributed by atoms with Crippen molar-refractivity contribution in [1.29, 1.82) is 0 Å². The summed E-state index contributed by atoms with van der Waals surface area (Å²) >= 11 is 0. The first-order chi connectivity index (χ1) is 12.0. The second-order valence-corrected chi connectivity index (χ2v) is 8.07. The van der Waals surface area contributed by atoms with Crippen molar-refractivity contribution in [2.24, 2.45) is 0 Å². The van der Waals surface area contributed by atoms with Crippen molar-refractivity contribution in [2.45, 2.75) is 50.0 Å². The molecule has 0 spiro atoms. The Bertz CT molecular complexity index is 767. The third-order valence-corrected chi connectivity index (χ3v) is 5.88. The number of hydrogen-bond donors (Lipinski definition) is 1. The highest BCUT2D eigenvalue weighted by Gasteiger charge is 2.26. The lowest BCUT2D eigenvalue weighted by molar-refractivity contribution is 0.481. The monoisotopic (exact) mass is 357 g/mol. The molecular weight excluding hydrogens is 330 g/mol. The number of sulfonamides is 1. The molecule has 0 amide bonds. The highest BCUT2D eigenvalue weighted by atomic mass is 32.2. The molecule has 2 atom stereocenters. The van der Waals surface area contributed by atoms with Gasteiger partial charge in [-0.1, -0.05) is 73.9 Å². The van der Waals surface area contributed by atoms with Gasteiger partial charge in [-0.05, 0) is 31.0 Å². The lowest BCUT2D eigenvalue weighted by atomic mass is 9.89. The third-order valence-electron chi connectivity index (χ3n) is 4.38. The van der Waals surface area contributed by atoms with Crippen LogP contribution >= 0.6 is 0 Å². The van der Waals surface area contributed by atoms with Crippen LogP contribution in [0.2, 0.25) is 0 Å². The highest BCUT2D eigenvalue weighted by molar-refractivity contribution is 7.89. The second kappa shape index (κ2) is 8.97. The molecule has 3 nitrogen and oxygen atoms in total. The van der Waals surface area contributed by atoms with Crippen LogP contribution in [0.5, 0.6) is 0 Å². The van der Waals surface area contributed by atoms with Gasteiger partial charge in [-0.3, -0.25) is 0 Å². The zero-order valence-electron chi connectivity index (χ0n) is 15.0. The molecular formula is C21H27NO2S. The summed E-state index contributed by atoms with van der Waals surface area (Å²) in [4.78, 5) is 0.301. The molecule has 0 aliphatic heterocycles. The molecule has 0 aliphatic carbocycles. The SMILES string of the molecule is C=CC(c1ccccc1)C(CCCC)NS(=O)(=O)c1ccc(C)cc1. The van der Waals surface area contributed by atoms with Crippen LogP contribution in [0, 0.1) is 6.92 Å². The van der Waals surface area contributed by atoms with Gasteiger partial charge in [0, 0.05) is 12.0 Å². The van der Waals surface area contributed by atoms with Crippen LogP contribution in [-0.2, 0) is 10.0 Å². The fourth-order valence-corrected chi connectivity index (χ4v) is 4.22. The molecule has 2 aromatic rings. The maximum absolute atomic E-state index is 12.8. The Balaban J connectivity index is 2.30. The first kappa shape index (κ1) is 19.4. The number of benzene rings is 2. The molecule has 0 heterocycles. The van der Waals surface area contributed by atoms with Crippen molar-refractivity contribution < 1.29 is 8.42 Å². The molecule has 0 saturated heterocycles. The molecule has 4 heteroatoms. The summed E-state index contributed by atoms with van der Waals surface area (Å²) in [5.74, 6) is -0.0621. The minimum atomic E-state index is -3.57. The molecule has 1 N–H and O–H groups in total. The fourth-order valence-electron chi connectivity index (χ4n) is 2.93. The van der Waals surface area contributed by atoms with Crippen molar-refractivity contribution in [3.63, 3.8) is 0 Å². The number of rotatable bonds is 9. The maximum Gasteiger partial charge on any atom is 0.240 e. The topological polar surface area (TPSA) is 46.2 Å².